The number of phenolic OH excluding ortho intramolecular Hbond substituents is 2. The number of phenols is 2. The lowest BCUT2D eigenvalue weighted by Crippen LogP contribution is -2.59. The molecule has 9 N–H and O–H groups in total. The maximum atomic E-state index is 12.7. The van der Waals surface area contributed by atoms with Crippen molar-refractivity contribution < 1.29 is 39.6 Å². The molecule has 0 saturated heterocycles. The number of carboxylic acid groups (broad SMARTS) is 1. The normalized spacial score (nSPS) is 14.9. The lowest BCUT2D eigenvalue weighted by Gasteiger charge is -2.25. The molecule has 2 aromatic carbocycles. The van der Waals surface area contributed by atoms with Crippen molar-refractivity contribution in [3.8, 4) is 11.5 Å². The van der Waals surface area contributed by atoms with E-state index in [1.807, 2.05) is 0 Å². The third-order valence-corrected chi connectivity index (χ3v) is 5.53. The highest BCUT2D eigenvalue weighted by atomic mass is 16.4. The van der Waals surface area contributed by atoms with Crippen LogP contribution in [0.1, 0.15) is 25.0 Å². The number of amides is 3. The van der Waals surface area contributed by atoms with Gasteiger partial charge in [-0.3, -0.25) is 14.4 Å². The van der Waals surface area contributed by atoms with Crippen LogP contribution in [0.2, 0.25) is 0 Å². The number of carbonyl (C=O) groups excluding carboxylic acids is 3. The van der Waals surface area contributed by atoms with Crippen molar-refractivity contribution in [2.24, 2.45) is 5.73 Å². The average Bonchev–Trinajstić information content (AvgIpc) is 2.84. The molecule has 0 aliphatic heterocycles. The molecule has 200 valence electrons. The summed E-state index contributed by atoms with van der Waals surface area (Å²) < 4.78 is 0. The molecule has 12 heteroatoms. The smallest absolute Gasteiger partial charge is 0.326 e. The largest absolute Gasteiger partial charge is 0.508 e. The number of hydrogen-bond acceptors (Lipinski definition) is 8. The molecule has 3 amide bonds. The Hall–Kier alpha value is -4.16. The van der Waals surface area contributed by atoms with Crippen molar-refractivity contribution >= 4 is 23.7 Å². The van der Waals surface area contributed by atoms with E-state index in [9.17, 15) is 39.6 Å². The van der Waals surface area contributed by atoms with Crippen LogP contribution in [-0.2, 0) is 32.0 Å². The van der Waals surface area contributed by atoms with Crippen LogP contribution in [0.5, 0.6) is 11.5 Å². The summed E-state index contributed by atoms with van der Waals surface area (Å²) in [5.41, 5.74) is 7.15. The molecular formula is C25H32N4O8. The number of aliphatic hydroxyl groups excluding tert-OH is 1. The molecule has 2 rings (SSSR count). The van der Waals surface area contributed by atoms with Gasteiger partial charge in [-0.2, -0.15) is 0 Å². The quantitative estimate of drug-likeness (QED) is 0.176. The van der Waals surface area contributed by atoms with Crippen LogP contribution in [0, 0.1) is 0 Å². The van der Waals surface area contributed by atoms with E-state index in [2.05, 4.69) is 16.0 Å². The first-order valence-electron chi connectivity index (χ1n) is 11.5. The van der Waals surface area contributed by atoms with Gasteiger partial charge in [0, 0.05) is 6.42 Å². The number of nitrogens with two attached hydrogens (primary N) is 1. The average molecular weight is 517 g/mol. The Balaban J connectivity index is 1.96. The van der Waals surface area contributed by atoms with Gasteiger partial charge in [-0.15, -0.1) is 0 Å². The summed E-state index contributed by atoms with van der Waals surface area (Å²) in [6.45, 7) is 2.60. The second-order valence-corrected chi connectivity index (χ2v) is 8.70. The van der Waals surface area contributed by atoms with Crippen molar-refractivity contribution in [1.29, 1.82) is 0 Å². The number of nitrogens with one attached hydrogen (secondary N) is 3. The van der Waals surface area contributed by atoms with Gasteiger partial charge in [0.15, 0.2) is 0 Å². The third kappa shape index (κ3) is 9.09. The minimum absolute atomic E-state index is 0.0112. The van der Waals surface area contributed by atoms with E-state index in [1.54, 1.807) is 12.1 Å². The molecule has 5 atom stereocenters. The van der Waals surface area contributed by atoms with Gasteiger partial charge in [0.25, 0.3) is 0 Å². The van der Waals surface area contributed by atoms with E-state index in [4.69, 9.17) is 5.73 Å². The van der Waals surface area contributed by atoms with Crippen LogP contribution in [0.15, 0.2) is 48.5 Å². The number of aliphatic carboxylic acids is 1. The maximum Gasteiger partial charge on any atom is 0.326 e. The molecule has 0 aliphatic carbocycles. The molecule has 2 aromatic rings. The molecule has 0 aliphatic rings. The maximum absolute atomic E-state index is 12.7. The van der Waals surface area contributed by atoms with Crippen LogP contribution in [-0.4, -0.2) is 74.4 Å². The molecule has 0 aromatic heterocycles. The molecule has 0 saturated carbocycles. The molecule has 12 nitrogen and oxygen atoms in total. The topological polar surface area (TPSA) is 211 Å². The minimum atomic E-state index is -1.43. The van der Waals surface area contributed by atoms with Crippen molar-refractivity contribution in [2.75, 3.05) is 0 Å². The Labute approximate surface area is 213 Å². The molecule has 0 radical (unpaired) electrons. The number of carboxylic acids is 1. The molecule has 0 spiro atoms. The molecule has 0 fully saturated rings. The van der Waals surface area contributed by atoms with Crippen molar-refractivity contribution in [1.82, 2.24) is 16.0 Å². The molecule has 37 heavy (non-hydrogen) atoms. The van der Waals surface area contributed by atoms with Gasteiger partial charge in [-0.25, -0.2) is 4.79 Å². The van der Waals surface area contributed by atoms with Gasteiger partial charge in [-0.05, 0) is 55.7 Å². The second-order valence-electron chi connectivity index (χ2n) is 8.70. The van der Waals surface area contributed by atoms with Crippen LogP contribution in [0.4, 0.5) is 0 Å². The number of carbonyl (C=O) groups is 4. The van der Waals surface area contributed by atoms with Crippen LogP contribution in [0.3, 0.4) is 0 Å². The van der Waals surface area contributed by atoms with Crippen molar-refractivity contribution in [3.05, 3.63) is 59.7 Å². The van der Waals surface area contributed by atoms with Gasteiger partial charge in [-0.1, -0.05) is 24.3 Å². The van der Waals surface area contributed by atoms with E-state index in [0.29, 0.717) is 11.1 Å². The fourth-order valence-electron chi connectivity index (χ4n) is 3.38. The summed E-state index contributed by atoms with van der Waals surface area (Å²) in [6.07, 6.45) is -1.29. The van der Waals surface area contributed by atoms with E-state index in [0.717, 1.165) is 0 Å². The summed E-state index contributed by atoms with van der Waals surface area (Å²) in [5, 5.41) is 45.3. The highest BCUT2D eigenvalue weighted by Gasteiger charge is 2.31. The number of rotatable bonds is 12. The van der Waals surface area contributed by atoms with Gasteiger partial charge in [0.05, 0.1) is 12.1 Å². The Bertz CT molecular complexity index is 1090. The van der Waals surface area contributed by atoms with Crippen LogP contribution >= 0.6 is 0 Å². The molecular weight excluding hydrogens is 484 g/mol. The lowest BCUT2D eigenvalue weighted by atomic mass is 10.0. The van der Waals surface area contributed by atoms with E-state index < -0.39 is 54.0 Å². The lowest BCUT2D eigenvalue weighted by molar-refractivity contribution is -0.142. The highest BCUT2D eigenvalue weighted by molar-refractivity contribution is 5.94. The SMILES string of the molecule is CC(NC(=O)C(NC(=O)C(N)Cc1ccc(O)cc1)C(C)O)C(=O)NC(Cc1ccc(O)cc1)C(=O)O. The van der Waals surface area contributed by atoms with Crippen LogP contribution in [0.25, 0.3) is 0 Å². The zero-order valence-corrected chi connectivity index (χ0v) is 20.4. The monoisotopic (exact) mass is 516 g/mol. The van der Waals surface area contributed by atoms with Crippen molar-refractivity contribution in [3.63, 3.8) is 0 Å². The molecule has 0 heterocycles. The number of aliphatic hydroxyl groups is 1. The Kier molecular flexibility index (Phi) is 10.4. The Morgan fingerprint density at radius 1 is 0.757 bits per heavy atom. The predicted molar refractivity (Wildman–Crippen MR) is 132 cm³/mol. The van der Waals surface area contributed by atoms with Crippen molar-refractivity contribution in [2.45, 2.75) is 57.0 Å². The number of benzene rings is 2. The highest BCUT2D eigenvalue weighted by Crippen LogP contribution is 2.12. The predicted octanol–water partition coefficient (Wildman–Crippen LogP) is -0.850. The standard InChI is InChI=1S/C25H32N4O8/c1-13(22(33)28-20(25(36)37)12-16-5-9-18(32)10-6-16)27-24(35)21(14(2)30)29-23(34)19(26)11-15-3-7-17(31)8-4-15/h3-10,13-14,19-21,30-32H,11-12,26H2,1-2H3,(H,27,35)(H,28,33)(H,29,34)(H,36,37). The fraction of sp³-hybridized carbons (Fsp3) is 0.360. The summed E-state index contributed by atoms with van der Waals surface area (Å²) in [4.78, 5) is 49.4. The minimum Gasteiger partial charge on any atom is -0.508 e. The van der Waals surface area contributed by atoms with E-state index in [-0.39, 0.29) is 24.3 Å². The summed E-state index contributed by atoms with van der Waals surface area (Å²) >= 11 is 0. The van der Waals surface area contributed by atoms with Gasteiger partial charge >= 0.3 is 5.97 Å². The second kappa shape index (κ2) is 13.2. The molecule has 0 bridgehead atoms. The van der Waals surface area contributed by atoms with Gasteiger partial charge in [0.2, 0.25) is 17.7 Å². The summed E-state index contributed by atoms with van der Waals surface area (Å²) in [5.74, 6) is -3.60. The third-order valence-electron chi connectivity index (χ3n) is 5.53. The summed E-state index contributed by atoms with van der Waals surface area (Å²) in [6, 6.07) is 6.89. The zero-order valence-electron chi connectivity index (χ0n) is 20.4. The first kappa shape index (κ1) is 29.1. The Morgan fingerprint density at radius 2 is 1.24 bits per heavy atom. The van der Waals surface area contributed by atoms with Gasteiger partial charge in [0.1, 0.15) is 29.6 Å². The number of hydrogen-bond donors (Lipinski definition) is 8. The van der Waals surface area contributed by atoms with Gasteiger partial charge < -0.3 is 42.1 Å². The summed E-state index contributed by atoms with van der Waals surface area (Å²) in [7, 11) is 0. The van der Waals surface area contributed by atoms with Crippen LogP contribution < -0.4 is 21.7 Å². The van der Waals surface area contributed by atoms with E-state index >= 15 is 0 Å². The Morgan fingerprint density at radius 3 is 1.70 bits per heavy atom. The molecule has 5 unspecified atom stereocenters. The first-order valence-corrected chi connectivity index (χ1v) is 11.5. The zero-order chi connectivity index (χ0) is 27.7. The first-order chi connectivity index (χ1) is 17.4. The van der Waals surface area contributed by atoms with E-state index in [1.165, 1.54) is 50.2 Å². The fourth-order valence-corrected chi connectivity index (χ4v) is 3.38. The number of aromatic hydroxyl groups is 2.